The Hall–Kier alpha value is -3.73. The Labute approximate surface area is 522 Å². The zero-order chi connectivity index (χ0) is 66.7. The third-order valence-electron chi connectivity index (χ3n) is 14.3. The van der Waals surface area contributed by atoms with E-state index in [-0.39, 0.29) is 103 Å². The number of aliphatic carboxylic acids is 3. The van der Waals surface area contributed by atoms with E-state index in [1.165, 1.54) is 19.6 Å². The molecule has 0 aromatic carbocycles. The molecule has 0 saturated carbocycles. The molecular weight excluding hydrogens is 1410 g/mol. The molecule has 88 heavy (non-hydrogen) atoms. The number of amides is 4. The Balaban J connectivity index is 0.0000264. The molecule has 509 valence electrons. The normalized spacial score (nSPS) is 23.5. The Bertz CT molecular complexity index is 2470. The van der Waals surface area contributed by atoms with Gasteiger partial charge in [-0.25, -0.2) is 17.2 Å². The fourth-order valence-electron chi connectivity index (χ4n) is 9.18. The number of sulfonamides is 1. The number of piperazine rings is 1. The molecular formula is C45H63F15GdN9O17S. The fraction of sp³-hybridized carbons (Fsp3) is 0.844. The molecule has 3 aliphatic rings. The topological polar surface area (TPSA) is 374 Å². The van der Waals surface area contributed by atoms with Crippen LogP contribution in [0.4, 0.5) is 65.9 Å². The summed E-state index contributed by atoms with van der Waals surface area (Å²) in [6.07, 6.45) is -31.3. The molecule has 0 aliphatic carbocycles. The van der Waals surface area contributed by atoms with Gasteiger partial charge in [-0.2, -0.15) is 61.4 Å². The van der Waals surface area contributed by atoms with E-state index in [0.717, 1.165) is 6.92 Å². The van der Waals surface area contributed by atoms with Crippen LogP contribution < -0.4 is 26.4 Å². The number of carboxylic acid groups (broad SMARTS) is 3. The molecule has 9 unspecified atom stereocenters. The number of unbranched alkanes of at least 4 members (excludes halogenated alkanes) is 1. The number of nitrogens with two attached hydrogens (primary N) is 1. The Kier molecular flexibility index (Phi) is 29.9. The Morgan fingerprint density at radius 2 is 1.08 bits per heavy atom. The van der Waals surface area contributed by atoms with Crippen LogP contribution in [0.1, 0.15) is 32.6 Å². The van der Waals surface area contributed by atoms with E-state index in [1.54, 1.807) is 0 Å². The summed E-state index contributed by atoms with van der Waals surface area (Å²) in [6, 6.07) is -3.65. The van der Waals surface area contributed by atoms with E-state index in [0.29, 0.717) is 4.90 Å². The summed E-state index contributed by atoms with van der Waals surface area (Å²) in [5.41, 5.74) is 5.61. The summed E-state index contributed by atoms with van der Waals surface area (Å²) < 4.78 is 241. The molecule has 0 spiro atoms. The number of aliphatic hydroxyl groups is 4. The summed E-state index contributed by atoms with van der Waals surface area (Å²) >= 11 is 0. The fourth-order valence-corrected chi connectivity index (χ4v) is 10.6. The van der Waals surface area contributed by atoms with E-state index in [2.05, 4.69) is 5.32 Å². The number of nitrogens with one attached hydrogen (secondary N) is 1. The van der Waals surface area contributed by atoms with Crippen LogP contribution in [0.2, 0.25) is 0 Å². The van der Waals surface area contributed by atoms with E-state index in [9.17, 15) is 135 Å². The predicted octanol–water partition coefficient (Wildman–Crippen LogP) is -6.11. The van der Waals surface area contributed by atoms with E-state index >= 15 is 8.78 Å². The first kappa shape index (κ1) is 80.4. The van der Waals surface area contributed by atoms with Gasteiger partial charge >= 0.3 is 75.1 Å². The maximum Gasteiger partial charge on any atom is 3.00 e. The number of nitrogens with zero attached hydrogens (tertiary/aromatic N) is 7. The molecule has 7 N–H and O–H groups in total. The van der Waals surface area contributed by atoms with Gasteiger partial charge in [0.1, 0.15) is 37.0 Å². The van der Waals surface area contributed by atoms with Crippen molar-refractivity contribution in [2.45, 2.75) is 123 Å². The number of alkyl halides is 15. The standard InChI is InChI=1S/C45H66F15N9O17S.Gd/c1-24(66-12-10-64(21-31(75)76)8-6-63(20-30(73)74)7-9-65(11-13-66)22-32(77)78)36(82)69(37(83)25(4-2-3-5-61)62-28(71)18-26-33(79)35(81)34(80)27(23-70)86-26)19-29(72)67-14-16-68(17-15-67)87(84,85)45(59,60)43(54,55)41(50,51)38(46)40(48,49)39(47)42(52,53)44(56,57)58;/h24-27,33-35,38-39,70,79-81H,2-23,61H2,1H3,(H,62,71)(H,73,74)(H,75,76)(H,77,78);/q;+3/p-3. The first-order valence-electron chi connectivity index (χ1n) is 26.0. The van der Waals surface area contributed by atoms with Gasteiger partial charge in [0.25, 0.3) is 15.9 Å². The Morgan fingerprint density at radius 3 is 1.50 bits per heavy atom. The summed E-state index contributed by atoms with van der Waals surface area (Å²) in [6.45, 7) is -12.1. The third-order valence-corrected chi connectivity index (χ3v) is 16.3. The maximum atomic E-state index is 15.3. The number of carbonyl (C=O) groups excluding carboxylic acids is 7. The Morgan fingerprint density at radius 1 is 0.648 bits per heavy atom. The van der Waals surface area contributed by atoms with Crippen molar-refractivity contribution < 1.29 is 188 Å². The molecule has 3 heterocycles. The molecule has 3 fully saturated rings. The quantitative estimate of drug-likeness (QED) is 0.0329. The van der Waals surface area contributed by atoms with Crippen LogP contribution >= 0.6 is 0 Å². The minimum absolute atomic E-state index is 0. The van der Waals surface area contributed by atoms with Crippen molar-refractivity contribution in [1.82, 2.24) is 39.0 Å². The second kappa shape index (κ2) is 32.7. The number of rotatable bonds is 27. The van der Waals surface area contributed by atoms with Crippen molar-refractivity contribution >= 4 is 51.6 Å². The minimum atomic E-state index is -8.06. The molecule has 26 nitrogen and oxygen atoms in total. The number of carbonyl (C=O) groups is 7. The summed E-state index contributed by atoms with van der Waals surface area (Å²) in [5, 5.41) is 70.5. The van der Waals surface area contributed by atoms with Crippen LogP contribution in [-0.2, 0) is 48.3 Å². The van der Waals surface area contributed by atoms with E-state index in [1.807, 2.05) is 0 Å². The number of carboxylic acids is 3. The second-order valence-corrected chi connectivity index (χ2v) is 22.4. The molecule has 43 heteroatoms. The van der Waals surface area contributed by atoms with Crippen molar-refractivity contribution in [3.63, 3.8) is 0 Å². The number of ether oxygens (including phenoxy) is 1. The molecule has 0 aromatic rings. The van der Waals surface area contributed by atoms with Gasteiger partial charge in [-0.3, -0.25) is 43.7 Å². The third kappa shape index (κ3) is 19.4. The second-order valence-electron chi connectivity index (χ2n) is 20.4. The SMILES string of the molecule is CC(C(=O)N(CC(=O)N1CCN(S(=O)(=O)C(F)(F)C(F)(F)C(F)(F)C(F)C(F)(F)C(F)C(F)(F)C(F)(F)F)CC1)C(=O)C(CCCCN)NC(=O)CC1OC(CO)C(O)C(O)C1O)N1CCN(CC(=O)[O-])CCN(CC(=O)[O-])CCN(CC(=O)[O-])CC1.[Gd+3]. The predicted molar refractivity (Wildman–Crippen MR) is 253 cm³/mol. The summed E-state index contributed by atoms with van der Waals surface area (Å²) in [4.78, 5) is 98.2. The van der Waals surface area contributed by atoms with E-state index < -0.39 is 231 Å². The molecule has 3 rings (SSSR count). The number of aliphatic hydroxyl groups excluding tert-OH is 4. The number of hydrogen-bond acceptors (Lipinski definition) is 22. The van der Waals surface area contributed by atoms with Crippen molar-refractivity contribution in [2.75, 3.05) is 118 Å². The van der Waals surface area contributed by atoms with Gasteiger partial charge in [-0.05, 0) is 32.7 Å². The molecule has 3 aliphatic heterocycles. The van der Waals surface area contributed by atoms with Crippen LogP contribution in [0.25, 0.3) is 0 Å². The van der Waals surface area contributed by atoms with Crippen LogP contribution in [0.5, 0.6) is 0 Å². The van der Waals surface area contributed by atoms with Crippen LogP contribution in [0.15, 0.2) is 0 Å². The minimum Gasteiger partial charge on any atom is -0.549 e. The smallest absolute Gasteiger partial charge is 0.549 e. The van der Waals surface area contributed by atoms with Crippen molar-refractivity contribution in [1.29, 1.82) is 0 Å². The molecule has 1 radical (unpaired) electrons. The number of imide groups is 1. The monoisotopic (exact) mass is 1480 g/mol. The molecule has 0 aromatic heterocycles. The zero-order valence-corrected chi connectivity index (χ0v) is 49.1. The largest absolute Gasteiger partial charge is 3.00 e. The summed E-state index contributed by atoms with van der Waals surface area (Å²) in [5.74, 6) is -41.7. The van der Waals surface area contributed by atoms with Gasteiger partial charge in [0.15, 0.2) is 0 Å². The first-order valence-corrected chi connectivity index (χ1v) is 27.5. The summed E-state index contributed by atoms with van der Waals surface area (Å²) in [7, 11) is -7.52. The van der Waals surface area contributed by atoms with Gasteiger partial charge in [0.05, 0.1) is 43.1 Å². The number of hydrogen-bond donors (Lipinski definition) is 6. The number of halogens is 15. The van der Waals surface area contributed by atoms with Crippen LogP contribution in [-0.4, -0.2) is 312 Å². The maximum absolute atomic E-state index is 15.3. The van der Waals surface area contributed by atoms with Crippen molar-refractivity contribution in [2.24, 2.45) is 5.73 Å². The molecule has 4 amide bonds. The van der Waals surface area contributed by atoms with Crippen molar-refractivity contribution in [3.05, 3.63) is 0 Å². The molecule has 3 saturated heterocycles. The van der Waals surface area contributed by atoms with E-state index in [4.69, 9.17) is 10.5 Å². The molecule has 9 atom stereocenters. The van der Waals surface area contributed by atoms with Gasteiger partial charge in [-0.15, -0.1) is 0 Å². The average molecular weight is 1480 g/mol. The molecule has 0 bridgehead atoms. The van der Waals surface area contributed by atoms with Crippen molar-refractivity contribution in [3.8, 4) is 0 Å². The van der Waals surface area contributed by atoms with Crippen LogP contribution in [0, 0.1) is 39.9 Å². The first-order chi connectivity index (χ1) is 39.9. The zero-order valence-electron chi connectivity index (χ0n) is 46.0. The van der Waals surface area contributed by atoms with Gasteiger partial charge in [-0.1, -0.05) is 0 Å². The van der Waals surface area contributed by atoms with Gasteiger partial charge < -0.3 is 70.8 Å². The average Bonchev–Trinajstić information content (AvgIpc) is 0.735. The van der Waals surface area contributed by atoms with Gasteiger partial charge in [0, 0.05) is 98.2 Å². The van der Waals surface area contributed by atoms with Crippen LogP contribution in [0.3, 0.4) is 0 Å². The van der Waals surface area contributed by atoms with Gasteiger partial charge in [0.2, 0.25) is 30.1 Å².